The zero-order chi connectivity index (χ0) is 15.5. The summed E-state index contributed by atoms with van der Waals surface area (Å²) in [5.41, 5.74) is 0.899. The van der Waals surface area contributed by atoms with Gasteiger partial charge in [-0.15, -0.1) is 0 Å². The van der Waals surface area contributed by atoms with Crippen LogP contribution in [0.25, 0.3) is 0 Å². The van der Waals surface area contributed by atoms with Crippen molar-refractivity contribution in [2.24, 2.45) is 5.92 Å². The second-order valence-corrected chi connectivity index (χ2v) is 6.56. The summed E-state index contributed by atoms with van der Waals surface area (Å²) in [6.45, 7) is 4.71. The maximum absolute atomic E-state index is 12.1. The highest BCUT2D eigenvalue weighted by atomic mass is 32.2. The lowest BCUT2D eigenvalue weighted by atomic mass is 9.98. The molecule has 20 heavy (non-hydrogen) atoms. The molecule has 0 radical (unpaired) electrons. The first-order chi connectivity index (χ1) is 9.15. The number of carboxylic acids is 1. The molecule has 0 saturated heterocycles. The van der Waals surface area contributed by atoms with Crippen molar-refractivity contribution >= 4 is 16.0 Å². The molecule has 0 unspecified atom stereocenters. The molecule has 0 aliphatic carbocycles. The Morgan fingerprint density at radius 3 is 2.10 bits per heavy atom. The molecule has 0 spiro atoms. The number of carbonyl (C=O) groups is 1. The van der Waals surface area contributed by atoms with Gasteiger partial charge >= 0.3 is 5.97 Å². The van der Waals surface area contributed by atoms with E-state index in [0.29, 0.717) is 0 Å². The van der Waals surface area contributed by atoms with E-state index in [4.69, 9.17) is 5.11 Å². The first-order valence-electron chi connectivity index (χ1n) is 6.15. The fraction of sp³-hybridized carbons (Fsp3) is 0.462. The van der Waals surface area contributed by atoms with E-state index in [0.717, 1.165) is 5.56 Å². The molecule has 0 aliphatic heterocycles. The van der Waals surface area contributed by atoms with Gasteiger partial charge in [-0.25, -0.2) is 8.42 Å². The van der Waals surface area contributed by atoms with Crippen LogP contribution in [0.1, 0.15) is 19.4 Å². The van der Waals surface area contributed by atoms with Crippen LogP contribution >= 0.6 is 0 Å². The minimum atomic E-state index is -3.94. The van der Waals surface area contributed by atoms with E-state index in [2.05, 4.69) is 4.72 Å². The normalized spacial score (nSPS) is 16.4. The van der Waals surface area contributed by atoms with Gasteiger partial charge in [-0.05, 0) is 26.0 Å². The number of aryl methyl sites for hydroxylation is 1. The van der Waals surface area contributed by atoms with Crippen LogP contribution in [0.5, 0.6) is 0 Å². The van der Waals surface area contributed by atoms with E-state index in [1.807, 2.05) is 6.92 Å². The Morgan fingerprint density at radius 1 is 1.20 bits per heavy atom. The van der Waals surface area contributed by atoms with E-state index in [9.17, 15) is 18.3 Å². The number of sulfonamides is 1. The summed E-state index contributed by atoms with van der Waals surface area (Å²) in [5.74, 6) is -2.08. The lowest BCUT2D eigenvalue weighted by molar-refractivity contribution is -0.141. The Balaban J connectivity index is 3.03. The quantitative estimate of drug-likeness (QED) is 0.719. The molecule has 112 valence electrons. The molecule has 7 heteroatoms. The van der Waals surface area contributed by atoms with Gasteiger partial charge in [-0.2, -0.15) is 4.72 Å². The van der Waals surface area contributed by atoms with E-state index < -0.39 is 34.1 Å². The van der Waals surface area contributed by atoms with Gasteiger partial charge in [0.1, 0.15) is 6.04 Å². The summed E-state index contributed by atoms with van der Waals surface area (Å²) in [7, 11) is -3.94. The maximum Gasteiger partial charge on any atom is 0.322 e. The molecular weight excluding hydrogens is 282 g/mol. The molecule has 0 aromatic heterocycles. The molecule has 0 bridgehead atoms. The van der Waals surface area contributed by atoms with Gasteiger partial charge in [0.25, 0.3) is 0 Å². The number of aliphatic hydroxyl groups is 1. The SMILES string of the molecule is Cc1ccc(S(=O)(=O)N[C@H](C(=O)O)[C@@H](C)[C@H](C)O)cc1. The lowest BCUT2D eigenvalue weighted by Gasteiger charge is -2.23. The van der Waals surface area contributed by atoms with Crippen molar-refractivity contribution in [1.82, 2.24) is 4.72 Å². The summed E-state index contributed by atoms with van der Waals surface area (Å²) in [5, 5.41) is 18.6. The van der Waals surface area contributed by atoms with Gasteiger partial charge in [-0.1, -0.05) is 24.6 Å². The van der Waals surface area contributed by atoms with Crippen LogP contribution in [0.15, 0.2) is 29.2 Å². The molecule has 0 heterocycles. The van der Waals surface area contributed by atoms with Gasteiger partial charge in [-0.3, -0.25) is 4.79 Å². The third-order valence-electron chi connectivity index (χ3n) is 3.17. The molecule has 3 atom stereocenters. The van der Waals surface area contributed by atoms with Crippen LogP contribution < -0.4 is 4.72 Å². The number of carboxylic acid groups (broad SMARTS) is 1. The molecule has 0 amide bonds. The highest BCUT2D eigenvalue weighted by Crippen LogP contribution is 2.15. The Hall–Kier alpha value is -1.44. The van der Waals surface area contributed by atoms with Crippen LogP contribution in [0.3, 0.4) is 0 Å². The summed E-state index contributed by atoms with van der Waals surface area (Å²) in [4.78, 5) is 11.2. The van der Waals surface area contributed by atoms with Gasteiger partial charge in [0.15, 0.2) is 0 Å². The second-order valence-electron chi connectivity index (χ2n) is 4.85. The smallest absolute Gasteiger partial charge is 0.322 e. The van der Waals surface area contributed by atoms with E-state index in [1.165, 1.54) is 26.0 Å². The number of benzene rings is 1. The average molecular weight is 301 g/mol. The summed E-state index contributed by atoms with van der Waals surface area (Å²) in [6, 6.07) is 4.68. The highest BCUT2D eigenvalue weighted by molar-refractivity contribution is 7.89. The monoisotopic (exact) mass is 301 g/mol. The number of nitrogens with one attached hydrogen (secondary N) is 1. The van der Waals surface area contributed by atoms with Crippen molar-refractivity contribution in [2.45, 2.75) is 37.8 Å². The zero-order valence-electron chi connectivity index (χ0n) is 11.6. The van der Waals surface area contributed by atoms with Crippen molar-refractivity contribution in [2.75, 3.05) is 0 Å². The Bertz CT molecular complexity index is 565. The molecule has 1 aromatic carbocycles. The van der Waals surface area contributed by atoms with E-state index >= 15 is 0 Å². The number of hydrogen-bond acceptors (Lipinski definition) is 4. The first kappa shape index (κ1) is 16.6. The average Bonchev–Trinajstić information content (AvgIpc) is 2.35. The third-order valence-corrected chi connectivity index (χ3v) is 4.62. The molecule has 0 saturated carbocycles. The fourth-order valence-corrected chi connectivity index (χ4v) is 2.89. The number of aliphatic carboxylic acids is 1. The zero-order valence-corrected chi connectivity index (χ0v) is 12.4. The Labute approximate surface area is 118 Å². The molecule has 1 aromatic rings. The first-order valence-corrected chi connectivity index (χ1v) is 7.63. The van der Waals surface area contributed by atoms with Gasteiger partial charge in [0.05, 0.1) is 11.0 Å². The maximum atomic E-state index is 12.1. The molecule has 0 fully saturated rings. The predicted molar refractivity (Wildman–Crippen MR) is 73.8 cm³/mol. The van der Waals surface area contributed by atoms with E-state index in [1.54, 1.807) is 12.1 Å². The van der Waals surface area contributed by atoms with Crippen LogP contribution in [0, 0.1) is 12.8 Å². The summed E-state index contributed by atoms with van der Waals surface area (Å²) < 4.78 is 26.4. The molecular formula is C13H19NO5S. The number of aliphatic hydroxyl groups excluding tert-OH is 1. The number of rotatable bonds is 6. The van der Waals surface area contributed by atoms with Crippen LogP contribution in [0.2, 0.25) is 0 Å². The fourth-order valence-electron chi connectivity index (χ4n) is 1.61. The third kappa shape index (κ3) is 4.03. The van der Waals surface area contributed by atoms with Gasteiger partial charge in [0.2, 0.25) is 10.0 Å². The van der Waals surface area contributed by atoms with Crippen molar-refractivity contribution in [3.05, 3.63) is 29.8 Å². The molecule has 6 nitrogen and oxygen atoms in total. The lowest BCUT2D eigenvalue weighted by Crippen LogP contribution is -2.47. The summed E-state index contributed by atoms with van der Waals surface area (Å²) in [6.07, 6.45) is -0.947. The summed E-state index contributed by atoms with van der Waals surface area (Å²) >= 11 is 0. The second kappa shape index (κ2) is 6.34. The molecule has 3 N–H and O–H groups in total. The van der Waals surface area contributed by atoms with Crippen LogP contribution in [0.4, 0.5) is 0 Å². The van der Waals surface area contributed by atoms with E-state index in [-0.39, 0.29) is 4.90 Å². The molecule has 0 aliphatic rings. The van der Waals surface area contributed by atoms with Gasteiger partial charge < -0.3 is 10.2 Å². The van der Waals surface area contributed by atoms with Crippen molar-refractivity contribution in [3.63, 3.8) is 0 Å². The van der Waals surface area contributed by atoms with Crippen LogP contribution in [-0.2, 0) is 14.8 Å². The van der Waals surface area contributed by atoms with Crippen molar-refractivity contribution in [3.8, 4) is 0 Å². The molecule has 1 rings (SSSR count). The highest BCUT2D eigenvalue weighted by Gasteiger charge is 2.32. The van der Waals surface area contributed by atoms with Crippen molar-refractivity contribution < 1.29 is 23.4 Å². The minimum Gasteiger partial charge on any atom is -0.480 e. The van der Waals surface area contributed by atoms with Crippen LogP contribution in [-0.4, -0.2) is 36.7 Å². The standard InChI is InChI=1S/C13H19NO5S/c1-8-4-6-11(7-5-8)20(18,19)14-12(13(16)17)9(2)10(3)15/h4-7,9-10,12,14-15H,1-3H3,(H,16,17)/t9-,10-,12-/m0/s1. The number of hydrogen-bond donors (Lipinski definition) is 3. The van der Waals surface area contributed by atoms with Crippen molar-refractivity contribution in [1.29, 1.82) is 0 Å². The van der Waals surface area contributed by atoms with Gasteiger partial charge in [0, 0.05) is 5.92 Å². The topological polar surface area (TPSA) is 104 Å². The largest absolute Gasteiger partial charge is 0.480 e. The Kier molecular flexibility index (Phi) is 5.27. The Morgan fingerprint density at radius 2 is 1.70 bits per heavy atom. The predicted octanol–water partition coefficient (Wildman–Crippen LogP) is 0.743. The minimum absolute atomic E-state index is 0.00728.